The van der Waals surface area contributed by atoms with Gasteiger partial charge in [-0.2, -0.15) is 0 Å². The Balaban J connectivity index is 1.17. The van der Waals surface area contributed by atoms with Gasteiger partial charge < -0.3 is 23.5 Å². The van der Waals surface area contributed by atoms with Crippen molar-refractivity contribution in [2.45, 2.75) is 17.2 Å². The zero-order valence-electron chi connectivity index (χ0n) is 20.8. The van der Waals surface area contributed by atoms with Crippen LogP contribution in [0.4, 0.5) is 5.69 Å². The number of fused-ring (bicyclic) bond motifs is 5. The van der Waals surface area contributed by atoms with Gasteiger partial charge in [-0.15, -0.1) is 0 Å². The van der Waals surface area contributed by atoms with Gasteiger partial charge in [0.25, 0.3) is 10.0 Å². The Kier molecular flexibility index (Phi) is 5.52. The summed E-state index contributed by atoms with van der Waals surface area (Å²) in [4.78, 5) is 13.5. The van der Waals surface area contributed by atoms with Crippen LogP contribution in [-0.2, 0) is 10.0 Å². The lowest BCUT2D eigenvalue weighted by Gasteiger charge is -2.21. The molecule has 0 saturated heterocycles. The highest BCUT2D eigenvalue weighted by atomic mass is 32.2. The van der Waals surface area contributed by atoms with Crippen molar-refractivity contribution < 1.29 is 32.2 Å². The number of carbonyl (C=O) groups is 1. The lowest BCUT2D eigenvalue weighted by Crippen LogP contribution is -2.17. The van der Waals surface area contributed by atoms with Crippen molar-refractivity contribution in [1.82, 2.24) is 4.57 Å². The topological polar surface area (TPSA) is 105 Å². The second-order valence-corrected chi connectivity index (χ2v) is 11.2. The molecule has 0 saturated carbocycles. The monoisotopic (exact) mass is 544 g/mol. The van der Waals surface area contributed by atoms with E-state index in [2.05, 4.69) is 4.72 Å². The van der Waals surface area contributed by atoms with E-state index in [4.69, 9.17) is 18.9 Å². The van der Waals surface area contributed by atoms with Crippen molar-refractivity contribution in [3.05, 3.63) is 89.7 Å². The van der Waals surface area contributed by atoms with Crippen LogP contribution >= 0.6 is 0 Å². The molecule has 0 unspecified atom stereocenters. The summed E-state index contributed by atoms with van der Waals surface area (Å²) in [6, 6.07) is 19.3. The van der Waals surface area contributed by atoms with E-state index in [1.165, 1.54) is 12.1 Å². The fourth-order valence-electron chi connectivity index (χ4n) is 5.28. The van der Waals surface area contributed by atoms with Crippen molar-refractivity contribution in [2.75, 3.05) is 31.1 Å². The van der Waals surface area contributed by atoms with Gasteiger partial charge in [0.05, 0.1) is 10.6 Å². The van der Waals surface area contributed by atoms with Gasteiger partial charge in [0, 0.05) is 47.6 Å². The van der Waals surface area contributed by atoms with Crippen LogP contribution in [0.1, 0.15) is 34.0 Å². The zero-order valence-corrected chi connectivity index (χ0v) is 21.6. The number of ketones is 1. The summed E-state index contributed by atoms with van der Waals surface area (Å²) in [6.45, 7) is 1.71. The smallest absolute Gasteiger partial charge is 0.262 e. The van der Waals surface area contributed by atoms with Gasteiger partial charge in [-0.25, -0.2) is 8.42 Å². The molecule has 3 aromatic carbocycles. The summed E-state index contributed by atoms with van der Waals surface area (Å²) in [6.07, 6.45) is 2.20. The molecule has 1 atom stereocenters. The minimum Gasteiger partial charge on any atom is -0.486 e. The molecule has 3 aliphatic heterocycles. The Bertz CT molecular complexity index is 1710. The lowest BCUT2D eigenvalue weighted by atomic mass is 9.90. The maximum Gasteiger partial charge on any atom is 0.262 e. The highest BCUT2D eigenvalue weighted by Gasteiger charge is 2.30. The summed E-state index contributed by atoms with van der Waals surface area (Å²) in [5.74, 6) is 1.91. The Labute approximate surface area is 224 Å². The third kappa shape index (κ3) is 4.17. The molecule has 4 aromatic rings. The minimum atomic E-state index is -3.85. The zero-order chi connectivity index (χ0) is 26.6. The lowest BCUT2D eigenvalue weighted by molar-refractivity contribution is 0.0978. The van der Waals surface area contributed by atoms with Gasteiger partial charge in [-0.3, -0.25) is 9.52 Å². The normalized spacial score (nSPS) is 17.5. The van der Waals surface area contributed by atoms with Crippen LogP contribution < -0.4 is 23.7 Å². The number of benzene rings is 3. The van der Waals surface area contributed by atoms with Crippen molar-refractivity contribution in [1.29, 1.82) is 0 Å². The summed E-state index contributed by atoms with van der Waals surface area (Å²) in [7, 11) is -3.85. The average molecular weight is 545 g/mol. The molecule has 39 heavy (non-hydrogen) atoms. The fourth-order valence-corrected chi connectivity index (χ4v) is 6.35. The quantitative estimate of drug-likeness (QED) is 0.402. The summed E-state index contributed by atoms with van der Waals surface area (Å²) in [5, 5.41) is 0. The molecule has 7 rings (SSSR count). The first kappa shape index (κ1) is 23.7. The van der Waals surface area contributed by atoms with Gasteiger partial charge in [0.15, 0.2) is 28.8 Å². The number of Topliss-reactive ketones (excluding diaryl/α,β-unsaturated/α-hetero) is 1. The van der Waals surface area contributed by atoms with E-state index in [1.54, 1.807) is 24.3 Å². The number of anilines is 1. The first-order chi connectivity index (χ1) is 19.0. The van der Waals surface area contributed by atoms with Crippen molar-refractivity contribution in [3.63, 3.8) is 0 Å². The van der Waals surface area contributed by atoms with Crippen LogP contribution in [0.3, 0.4) is 0 Å². The third-order valence-electron chi connectivity index (χ3n) is 7.14. The van der Waals surface area contributed by atoms with Crippen LogP contribution in [0.5, 0.6) is 23.0 Å². The molecule has 0 bridgehead atoms. The molecule has 10 heteroatoms. The van der Waals surface area contributed by atoms with Crippen LogP contribution in [0.15, 0.2) is 77.8 Å². The number of hydrogen-bond acceptors (Lipinski definition) is 7. The molecule has 4 heterocycles. The van der Waals surface area contributed by atoms with E-state index >= 15 is 0 Å². The van der Waals surface area contributed by atoms with Gasteiger partial charge in [-0.1, -0.05) is 12.1 Å². The van der Waals surface area contributed by atoms with Crippen molar-refractivity contribution in [3.8, 4) is 28.7 Å². The number of sulfonamides is 1. The second-order valence-electron chi connectivity index (χ2n) is 9.53. The molecule has 1 aromatic heterocycles. The first-order valence-corrected chi connectivity index (χ1v) is 14.1. The number of hydrogen-bond donors (Lipinski definition) is 1. The highest BCUT2D eigenvalue weighted by molar-refractivity contribution is 7.92. The van der Waals surface area contributed by atoms with E-state index in [0.717, 1.165) is 16.9 Å². The van der Waals surface area contributed by atoms with Gasteiger partial charge in [0.1, 0.15) is 26.4 Å². The molecule has 0 amide bonds. The van der Waals surface area contributed by atoms with E-state index in [1.807, 2.05) is 41.1 Å². The molecule has 1 N–H and O–H groups in total. The van der Waals surface area contributed by atoms with Crippen LogP contribution in [0.2, 0.25) is 0 Å². The Morgan fingerprint density at radius 1 is 0.769 bits per heavy atom. The number of nitrogens with zero attached hydrogens (tertiary/aromatic N) is 1. The number of carbonyl (C=O) groups excluding carboxylic acids is 1. The number of rotatable bonds is 4. The molecule has 0 radical (unpaired) electrons. The molecular weight excluding hydrogens is 520 g/mol. The Morgan fingerprint density at radius 2 is 1.44 bits per heavy atom. The fraction of sp³-hybridized carbons (Fsp3) is 0.207. The van der Waals surface area contributed by atoms with E-state index in [9.17, 15) is 13.2 Å². The maximum atomic E-state index is 13.4. The summed E-state index contributed by atoms with van der Waals surface area (Å²) >= 11 is 0. The molecule has 0 fully saturated rings. The molecular formula is C29H24N2O7S. The largest absolute Gasteiger partial charge is 0.486 e. The van der Waals surface area contributed by atoms with E-state index in [0.29, 0.717) is 60.7 Å². The molecule has 0 aliphatic carbocycles. The van der Waals surface area contributed by atoms with Crippen LogP contribution in [-0.4, -0.2) is 45.2 Å². The predicted molar refractivity (Wildman–Crippen MR) is 142 cm³/mol. The van der Waals surface area contributed by atoms with E-state index in [-0.39, 0.29) is 23.0 Å². The maximum absolute atomic E-state index is 13.4. The minimum absolute atomic E-state index is 0.000870. The molecule has 0 spiro atoms. The first-order valence-electron chi connectivity index (χ1n) is 12.6. The van der Waals surface area contributed by atoms with Gasteiger partial charge in [-0.05, 0) is 48.0 Å². The Morgan fingerprint density at radius 3 is 2.18 bits per heavy atom. The SMILES string of the molecule is O=C1C[C@H](c2ccc(NS(=O)(=O)c3ccc4c(c3)OCCO4)cc2)c2cccn2-c2cc3c(cc21)OCCO3. The third-order valence-corrected chi connectivity index (χ3v) is 8.52. The molecule has 9 nitrogen and oxygen atoms in total. The Hall–Kier alpha value is -4.44. The number of ether oxygens (including phenoxy) is 4. The molecule has 3 aliphatic rings. The van der Waals surface area contributed by atoms with Crippen molar-refractivity contribution in [2.24, 2.45) is 0 Å². The number of aromatic nitrogens is 1. The van der Waals surface area contributed by atoms with E-state index < -0.39 is 10.0 Å². The van der Waals surface area contributed by atoms with Gasteiger partial charge in [0.2, 0.25) is 0 Å². The standard InChI is InChI=1S/C29H24N2O7S/c32-25-15-21(23-2-1-9-31(23)24-17-29-28(16-22(24)25)37-12-13-38-29)18-3-5-19(6-4-18)30-39(33,34)20-7-8-26-27(14-20)36-11-10-35-26/h1-9,14,16-17,21,30H,10-13,15H2/t21-/m1/s1. The summed E-state index contributed by atoms with van der Waals surface area (Å²) < 4.78 is 53.2. The molecule has 198 valence electrons. The highest BCUT2D eigenvalue weighted by Crippen LogP contribution is 2.41. The average Bonchev–Trinajstić information content (AvgIpc) is 3.41. The van der Waals surface area contributed by atoms with Crippen molar-refractivity contribution >= 4 is 21.5 Å². The van der Waals surface area contributed by atoms with Crippen LogP contribution in [0.25, 0.3) is 5.69 Å². The summed E-state index contributed by atoms with van der Waals surface area (Å²) in [5.41, 5.74) is 3.62. The predicted octanol–water partition coefficient (Wildman–Crippen LogP) is 4.54. The number of nitrogens with one attached hydrogen (secondary N) is 1. The second kappa shape index (κ2) is 9.09. The van der Waals surface area contributed by atoms with Crippen LogP contribution in [0, 0.1) is 0 Å². The van der Waals surface area contributed by atoms with Gasteiger partial charge >= 0.3 is 0 Å².